The first kappa shape index (κ1) is 16.5. The van der Waals surface area contributed by atoms with E-state index in [4.69, 9.17) is 0 Å². The van der Waals surface area contributed by atoms with Gasteiger partial charge in [0.25, 0.3) is 0 Å². The van der Waals surface area contributed by atoms with E-state index in [0.717, 1.165) is 43.2 Å². The Kier molecular flexibility index (Phi) is 4.75. The van der Waals surface area contributed by atoms with Gasteiger partial charge < -0.3 is 10.2 Å². The van der Waals surface area contributed by atoms with Crippen molar-refractivity contribution in [3.8, 4) is 0 Å². The Bertz CT molecular complexity index is 891. The van der Waals surface area contributed by atoms with Gasteiger partial charge in [0, 0.05) is 44.3 Å². The maximum Gasteiger partial charge on any atom is 0.238 e. The first-order valence-corrected chi connectivity index (χ1v) is 8.81. The van der Waals surface area contributed by atoms with Gasteiger partial charge in [-0.1, -0.05) is 30.3 Å². The van der Waals surface area contributed by atoms with E-state index in [9.17, 15) is 4.79 Å². The Hall–Kier alpha value is -2.99. The lowest BCUT2D eigenvalue weighted by atomic mass is 10.1. The van der Waals surface area contributed by atoms with Crippen molar-refractivity contribution in [2.45, 2.75) is 0 Å². The van der Waals surface area contributed by atoms with E-state index in [2.05, 4.69) is 37.2 Å². The molecule has 0 spiro atoms. The van der Waals surface area contributed by atoms with Crippen molar-refractivity contribution in [3.63, 3.8) is 0 Å². The molecule has 0 saturated carbocycles. The van der Waals surface area contributed by atoms with E-state index in [1.54, 1.807) is 12.4 Å². The number of nitrogens with one attached hydrogen (secondary N) is 1. The molecule has 6 nitrogen and oxygen atoms in total. The minimum absolute atomic E-state index is 0.0182. The molecule has 1 aromatic heterocycles. The number of carbonyl (C=O) groups is 1. The molecule has 132 valence electrons. The number of nitrogens with zero attached hydrogens (tertiary/aromatic N) is 4. The molecule has 0 bridgehead atoms. The first-order valence-electron chi connectivity index (χ1n) is 8.81. The summed E-state index contributed by atoms with van der Waals surface area (Å²) in [5, 5.41) is 5.30. The van der Waals surface area contributed by atoms with Crippen LogP contribution in [0.15, 0.2) is 60.9 Å². The number of piperazine rings is 1. The zero-order chi connectivity index (χ0) is 17.8. The van der Waals surface area contributed by atoms with E-state index in [-0.39, 0.29) is 5.91 Å². The van der Waals surface area contributed by atoms with Gasteiger partial charge in [-0.3, -0.25) is 9.69 Å². The van der Waals surface area contributed by atoms with Crippen LogP contribution in [-0.2, 0) is 4.79 Å². The third-order valence-corrected chi connectivity index (χ3v) is 4.61. The zero-order valence-electron chi connectivity index (χ0n) is 14.5. The average Bonchev–Trinajstić information content (AvgIpc) is 2.69. The molecule has 3 aromatic rings. The molecule has 0 aliphatic carbocycles. The number of fused-ring (bicyclic) bond motifs is 1. The number of aromatic nitrogens is 2. The summed E-state index contributed by atoms with van der Waals surface area (Å²) in [5.74, 6) is 0.775. The van der Waals surface area contributed by atoms with Gasteiger partial charge in [-0.2, -0.15) is 0 Å². The Morgan fingerprint density at radius 1 is 0.923 bits per heavy atom. The number of benzene rings is 2. The fraction of sp³-hybridized carbons (Fsp3) is 0.250. The number of hydrogen-bond acceptors (Lipinski definition) is 5. The van der Waals surface area contributed by atoms with E-state index in [1.165, 1.54) is 5.39 Å². The summed E-state index contributed by atoms with van der Waals surface area (Å²) in [4.78, 5) is 25.3. The molecule has 0 unspecified atom stereocenters. The topological polar surface area (TPSA) is 61.4 Å². The van der Waals surface area contributed by atoms with Crippen molar-refractivity contribution in [2.24, 2.45) is 0 Å². The van der Waals surface area contributed by atoms with E-state index in [0.29, 0.717) is 6.54 Å². The van der Waals surface area contributed by atoms with Crippen LogP contribution in [0.5, 0.6) is 0 Å². The smallest absolute Gasteiger partial charge is 0.238 e. The third kappa shape index (κ3) is 3.81. The summed E-state index contributed by atoms with van der Waals surface area (Å²) < 4.78 is 0. The predicted octanol–water partition coefficient (Wildman–Crippen LogP) is 2.39. The van der Waals surface area contributed by atoms with Gasteiger partial charge in [0.05, 0.1) is 6.54 Å². The van der Waals surface area contributed by atoms with Crippen LogP contribution in [-0.4, -0.2) is 53.5 Å². The molecule has 6 heteroatoms. The lowest BCUT2D eigenvalue weighted by molar-refractivity contribution is -0.117. The molecule has 1 saturated heterocycles. The van der Waals surface area contributed by atoms with Gasteiger partial charge in [0.1, 0.15) is 0 Å². The van der Waals surface area contributed by atoms with E-state index < -0.39 is 0 Å². The fourth-order valence-electron chi connectivity index (χ4n) is 3.23. The van der Waals surface area contributed by atoms with Gasteiger partial charge in [0.2, 0.25) is 11.9 Å². The van der Waals surface area contributed by atoms with Crippen LogP contribution in [0.1, 0.15) is 0 Å². The lowest BCUT2D eigenvalue weighted by Gasteiger charge is -2.34. The number of hydrogen-bond donors (Lipinski definition) is 1. The van der Waals surface area contributed by atoms with Crippen molar-refractivity contribution in [3.05, 3.63) is 60.9 Å². The predicted molar refractivity (Wildman–Crippen MR) is 103 cm³/mol. The quantitative estimate of drug-likeness (QED) is 0.785. The first-order chi connectivity index (χ1) is 12.8. The van der Waals surface area contributed by atoms with Crippen LogP contribution in [0.25, 0.3) is 10.8 Å². The number of anilines is 2. The second kappa shape index (κ2) is 7.49. The van der Waals surface area contributed by atoms with Gasteiger partial charge in [-0.05, 0) is 29.0 Å². The molecule has 1 aliphatic rings. The summed E-state index contributed by atoms with van der Waals surface area (Å²) in [5.41, 5.74) is 0.838. The Labute approximate surface area is 152 Å². The molecule has 1 aliphatic heterocycles. The average molecular weight is 347 g/mol. The van der Waals surface area contributed by atoms with Gasteiger partial charge in [-0.15, -0.1) is 0 Å². The van der Waals surface area contributed by atoms with Crippen molar-refractivity contribution in [1.29, 1.82) is 0 Å². The Morgan fingerprint density at radius 3 is 2.42 bits per heavy atom. The molecule has 1 N–H and O–H groups in total. The maximum absolute atomic E-state index is 12.4. The summed E-state index contributed by atoms with van der Waals surface area (Å²) in [6, 6.07) is 15.9. The highest BCUT2D eigenvalue weighted by Gasteiger charge is 2.20. The van der Waals surface area contributed by atoms with Crippen molar-refractivity contribution < 1.29 is 4.79 Å². The third-order valence-electron chi connectivity index (χ3n) is 4.61. The monoisotopic (exact) mass is 347 g/mol. The summed E-state index contributed by atoms with van der Waals surface area (Å²) >= 11 is 0. The van der Waals surface area contributed by atoms with E-state index >= 15 is 0 Å². The van der Waals surface area contributed by atoms with Crippen LogP contribution in [0.4, 0.5) is 11.6 Å². The van der Waals surface area contributed by atoms with Crippen LogP contribution in [0, 0.1) is 0 Å². The van der Waals surface area contributed by atoms with Gasteiger partial charge >= 0.3 is 0 Å². The fourth-order valence-corrected chi connectivity index (χ4v) is 3.23. The van der Waals surface area contributed by atoms with Crippen LogP contribution < -0.4 is 10.2 Å². The van der Waals surface area contributed by atoms with E-state index in [1.807, 2.05) is 36.4 Å². The zero-order valence-corrected chi connectivity index (χ0v) is 14.5. The lowest BCUT2D eigenvalue weighted by Crippen LogP contribution is -2.49. The van der Waals surface area contributed by atoms with Crippen molar-refractivity contribution in [1.82, 2.24) is 14.9 Å². The molecule has 26 heavy (non-hydrogen) atoms. The minimum atomic E-state index is 0.0182. The second-order valence-corrected chi connectivity index (χ2v) is 6.42. The molecule has 1 fully saturated rings. The summed E-state index contributed by atoms with van der Waals surface area (Å²) in [6.45, 7) is 3.70. The maximum atomic E-state index is 12.4. The highest BCUT2D eigenvalue weighted by molar-refractivity contribution is 5.95. The highest BCUT2D eigenvalue weighted by atomic mass is 16.2. The number of amides is 1. The SMILES string of the molecule is O=C(CN1CCN(c2ncccn2)CC1)Nc1ccc2ccccc2c1. The standard InChI is InChI=1S/C20H21N5O/c26-19(23-18-7-6-16-4-1-2-5-17(16)14-18)15-24-10-12-25(13-11-24)20-21-8-3-9-22-20/h1-9,14H,10-13,15H2,(H,23,26). The number of carbonyl (C=O) groups excluding carboxylic acids is 1. The van der Waals surface area contributed by atoms with Crippen molar-refractivity contribution in [2.75, 3.05) is 42.9 Å². The molecule has 2 aromatic carbocycles. The van der Waals surface area contributed by atoms with Crippen LogP contribution >= 0.6 is 0 Å². The minimum Gasteiger partial charge on any atom is -0.338 e. The molecule has 2 heterocycles. The Morgan fingerprint density at radius 2 is 1.65 bits per heavy atom. The van der Waals surface area contributed by atoms with Gasteiger partial charge in [0.15, 0.2) is 0 Å². The second-order valence-electron chi connectivity index (χ2n) is 6.42. The molecular formula is C20H21N5O. The Balaban J connectivity index is 1.31. The number of rotatable bonds is 4. The van der Waals surface area contributed by atoms with Crippen LogP contribution in [0.2, 0.25) is 0 Å². The molecule has 0 atom stereocenters. The molecule has 1 amide bonds. The molecule has 4 rings (SSSR count). The molecule has 0 radical (unpaired) electrons. The highest BCUT2D eigenvalue weighted by Crippen LogP contribution is 2.19. The van der Waals surface area contributed by atoms with Crippen molar-refractivity contribution >= 4 is 28.3 Å². The largest absolute Gasteiger partial charge is 0.338 e. The summed E-state index contributed by atoms with van der Waals surface area (Å²) in [7, 11) is 0. The van der Waals surface area contributed by atoms with Crippen LogP contribution in [0.3, 0.4) is 0 Å². The van der Waals surface area contributed by atoms with Gasteiger partial charge in [-0.25, -0.2) is 9.97 Å². The summed E-state index contributed by atoms with van der Waals surface area (Å²) in [6.07, 6.45) is 3.51. The normalized spacial score (nSPS) is 15.2. The molecular weight excluding hydrogens is 326 g/mol.